The molecule has 17 heavy (non-hydrogen) atoms. The van der Waals surface area contributed by atoms with Crippen molar-refractivity contribution in [3.8, 4) is 0 Å². The molecule has 0 aromatic heterocycles. The maximum absolute atomic E-state index is 12.4. The smallest absolute Gasteiger partial charge is 0.0906 e. The minimum atomic E-state index is -0.179. The van der Waals surface area contributed by atoms with E-state index in [-0.39, 0.29) is 6.67 Å². The summed E-state index contributed by atoms with van der Waals surface area (Å²) in [4.78, 5) is 2.55. The lowest BCUT2D eigenvalue weighted by Crippen LogP contribution is -2.61. The zero-order valence-electron chi connectivity index (χ0n) is 11.5. The summed E-state index contributed by atoms with van der Waals surface area (Å²) in [7, 11) is 0. The molecule has 100 valence electrons. The van der Waals surface area contributed by atoms with Gasteiger partial charge in [-0.15, -0.1) is 0 Å². The van der Waals surface area contributed by atoms with Gasteiger partial charge < -0.3 is 5.32 Å². The first-order valence-electron chi connectivity index (χ1n) is 7.06. The second-order valence-corrected chi connectivity index (χ2v) is 6.77. The van der Waals surface area contributed by atoms with Gasteiger partial charge in [-0.1, -0.05) is 20.8 Å². The first-order valence-corrected chi connectivity index (χ1v) is 7.06. The quantitative estimate of drug-likeness (QED) is 0.814. The third-order valence-electron chi connectivity index (χ3n) is 4.25. The van der Waals surface area contributed by atoms with E-state index in [1.807, 2.05) is 0 Å². The highest BCUT2D eigenvalue weighted by atomic mass is 19.1. The first kappa shape index (κ1) is 13.3. The Hall–Kier alpha value is -0.150. The zero-order chi connectivity index (χ0) is 12.5. The van der Waals surface area contributed by atoms with Crippen molar-refractivity contribution in [1.29, 1.82) is 0 Å². The second kappa shape index (κ2) is 5.23. The van der Waals surface area contributed by atoms with Crippen molar-refractivity contribution in [2.45, 2.75) is 52.1 Å². The fourth-order valence-electron chi connectivity index (χ4n) is 2.87. The summed E-state index contributed by atoms with van der Waals surface area (Å²) in [5, 5.41) is 3.70. The normalized spacial score (nSPS) is 31.8. The topological polar surface area (TPSA) is 15.3 Å². The molecule has 2 atom stereocenters. The van der Waals surface area contributed by atoms with Crippen LogP contribution in [-0.2, 0) is 0 Å². The van der Waals surface area contributed by atoms with Crippen molar-refractivity contribution < 1.29 is 4.39 Å². The van der Waals surface area contributed by atoms with Crippen LogP contribution in [-0.4, -0.2) is 43.3 Å². The molecule has 0 aromatic rings. The maximum atomic E-state index is 12.4. The van der Waals surface area contributed by atoms with Crippen molar-refractivity contribution in [3.05, 3.63) is 0 Å². The molecule has 1 aliphatic carbocycles. The average Bonchev–Trinajstić information content (AvgIpc) is 3.08. The van der Waals surface area contributed by atoms with Crippen molar-refractivity contribution >= 4 is 0 Å². The van der Waals surface area contributed by atoms with E-state index in [9.17, 15) is 4.39 Å². The van der Waals surface area contributed by atoms with E-state index < -0.39 is 0 Å². The Labute approximate surface area is 105 Å². The van der Waals surface area contributed by atoms with Crippen molar-refractivity contribution in [3.63, 3.8) is 0 Å². The Bertz CT molecular complexity index is 245. The van der Waals surface area contributed by atoms with Gasteiger partial charge in [-0.2, -0.15) is 0 Å². The molecule has 2 aliphatic rings. The number of hydrogen-bond acceptors (Lipinski definition) is 2. The Morgan fingerprint density at radius 3 is 2.53 bits per heavy atom. The predicted octanol–water partition coefficient (Wildman–Crippen LogP) is 2.44. The van der Waals surface area contributed by atoms with Crippen LogP contribution < -0.4 is 5.32 Å². The van der Waals surface area contributed by atoms with Gasteiger partial charge in [-0.05, 0) is 30.6 Å². The van der Waals surface area contributed by atoms with Gasteiger partial charge in [0.15, 0.2) is 0 Å². The summed E-state index contributed by atoms with van der Waals surface area (Å²) in [6.45, 7) is 9.80. The second-order valence-electron chi connectivity index (χ2n) is 6.77. The van der Waals surface area contributed by atoms with E-state index in [0.717, 1.165) is 25.6 Å². The molecule has 0 spiro atoms. The summed E-state index contributed by atoms with van der Waals surface area (Å²) in [6, 6.07) is 1.21. The molecule has 1 heterocycles. The van der Waals surface area contributed by atoms with Crippen LogP contribution in [0.25, 0.3) is 0 Å². The Kier molecular flexibility index (Phi) is 4.09. The van der Waals surface area contributed by atoms with Crippen LogP contribution in [0.1, 0.15) is 40.0 Å². The monoisotopic (exact) mass is 242 g/mol. The van der Waals surface area contributed by atoms with Crippen LogP contribution in [0.2, 0.25) is 0 Å². The van der Waals surface area contributed by atoms with Crippen molar-refractivity contribution in [2.75, 3.05) is 26.3 Å². The molecule has 0 radical (unpaired) electrons. The standard InChI is InChI=1S/C14H27FN2/c1-14(2,3)13-10-17(8-4-7-15)12(9-16-13)11-5-6-11/h11-13,16H,4-10H2,1-3H3. The third-order valence-corrected chi connectivity index (χ3v) is 4.25. The minimum Gasteiger partial charge on any atom is -0.311 e. The summed E-state index contributed by atoms with van der Waals surface area (Å²) in [5.41, 5.74) is 0.294. The number of nitrogens with zero attached hydrogens (tertiary/aromatic N) is 1. The van der Waals surface area contributed by atoms with E-state index in [0.29, 0.717) is 23.9 Å². The molecule has 1 N–H and O–H groups in total. The number of nitrogens with one attached hydrogen (secondary N) is 1. The maximum Gasteiger partial charge on any atom is 0.0906 e. The highest BCUT2D eigenvalue weighted by Crippen LogP contribution is 2.37. The highest BCUT2D eigenvalue weighted by Gasteiger charge is 2.40. The first-order chi connectivity index (χ1) is 8.02. The molecule has 1 saturated carbocycles. The molecule has 0 amide bonds. The molecule has 1 saturated heterocycles. The summed E-state index contributed by atoms with van der Waals surface area (Å²) in [6.07, 6.45) is 3.44. The van der Waals surface area contributed by atoms with Gasteiger partial charge in [-0.3, -0.25) is 9.29 Å². The van der Waals surface area contributed by atoms with Crippen LogP contribution in [0.15, 0.2) is 0 Å². The number of hydrogen-bond donors (Lipinski definition) is 1. The van der Waals surface area contributed by atoms with Gasteiger partial charge in [0.2, 0.25) is 0 Å². The van der Waals surface area contributed by atoms with Gasteiger partial charge in [0, 0.05) is 31.7 Å². The molecular formula is C14H27FN2. The Balaban J connectivity index is 1.94. The van der Waals surface area contributed by atoms with Crippen LogP contribution in [0.5, 0.6) is 0 Å². The lowest BCUT2D eigenvalue weighted by molar-refractivity contribution is 0.0725. The van der Waals surface area contributed by atoms with E-state index in [4.69, 9.17) is 0 Å². The molecule has 0 aromatic carbocycles. The van der Waals surface area contributed by atoms with Crippen LogP contribution in [0, 0.1) is 11.3 Å². The number of rotatable bonds is 4. The van der Waals surface area contributed by atoms with Crippen LogP contribution in [0.3, 0.4) is 0 Å². The molecule has 1 aliphatic heterocycles. The van der Waals surface area contributed by atoms with Crippen LogP contribution >= 0.6 is 0 Å². The molecule has 2 nitrogen and oxygen atoms in total. The van der Waals surface area contributed by atoms with Gasteiger partial charge in [-0.25, -0.2) is 0 Å². The largest absolute Gasteiger partial charge is 0.311 e. The van der Waals surface area contributed by atoms with E-state index >= 15 is 0 Å². The number of alkyl halides is 1. The summed E-state index contributed by atoms with van der Waals surface area (Å²) >= 11 is 0. The molecule has 0 bridgehead atoms. The van der Waals surface area contributed by atoms with Gasteiger partial charge in [0.1, 0.15) is 0 Å². The van der Waals surface area contributed by atoms with E-state index in [1.54, 1.807) is 0 Å². The Morgan fingerprint density at radius 1 is 1.29 bits per heavy atom. The molecule has 2 rings (SSSR count). The summed E-state index contributed by atoms with van der Waals surface area (Å²) in [5.74, 6) is 0.878. The molecule has 3 heteroatoms. The zero-order valence-corrected chi connectivity index (χ0v) is 11.5. The van der Waals surface area contributed by atoms with E-state index in [1.165, 1.54) is 12.8 Å². The van der Waals surface area contributed by atoms with Crippen molar-refractivity contribution in [2.24, 2.45) is 11.3 Å². The third kappa shape index (κ3) is 3.41. The fourth-order valence-corrected chi connectivity index (χ4v) is 2.87. The number of piperazine rings is 1. The molecule has 2 fully saturated rings. The average molecular weight is 242 g/mol. The van der Waals surface area contributed by atoms with Gasteiger partial charge in [0.05, 0.1) is 6.67 Å². The number of halogens is 1. The Morgan fingerprint density at radius 2 is 2.00 bits per heavy atom. The van der Waals surface area contributed by atoms with E-state index in [2.05, 4.69) is 31.0 Å². The predicted molar refractivity (Wildman–Crippen MR) is 69.9 cm³/mol. The van der Waals surface area contributed by atoms with Crippen molar-refractivity contribution in [1.82, 2.24) is 10.2 Å². The molecule has 2 unspecified atom stereocenters. The SMILES string of the molecule is CC(C)(C)C1CN(CCCF)C(C2CC2)CN1. The lowest BCUT2D eigenvalue weighted by Gasteiger charge is -2.45. The fraction of sp³-hybridized carbons (Fsp3) is 1.00. The summed E-state index contributed by atoms with van der Waals surface area (Å²) < 4.78 is 12.4. The molecular weight excluding hydrogens is 215 g/mol. The highest BCUT2D eigenvalue weighted by molar-refractivity contribution is 4.97. The minimum absolute atomic E-state index is 0.179. The van der Waals surface area contributed by atoms with Gasteiger partial charge in [0.25, 0.3) is 0 Å². The van der Waals surface area contributed by atoms with Crippen LogP contribution in [0.4, 0.5) is 4.39 Å². The van der Waals surface area contributed by atoms with Gasteiger partial charge >= 0.3 is 0 Å². The lowest BCUT2D eigenvalue weighted by atomic mass is 9.84.